The van der Waals surface area contributed by atoms with Crippen LogP contribution in [0.2, 0.25) is 0 Å². The Kier molecular flexibility index (Phi) is 6.52. The Morgan fingerprint density at radius 1 is 1.33 bits per heavy atom. The smallest absolute Gasteiger partial charge is 0.328 e. The van der Waals surface area contributed by atoms with Crippen molar-refractivity contribution in [1.29, 1.82) is 0 Å². The lowest BCUT2D eigenvalue weighted by Gasteiger charge is -2.37. The molecule has 6 nitrogen and oxygen atoms in total. The molecular formula is C18H23NO5. The minimum Gasteiger partial charge on any atom is -0.480 e. The summed E-state index contributed by atoms with van der Waals surface area (Å²) in [5.74, 6) is -1.42. The minimum atomic E-state index is -1.12. The van der Waals surface area contributed by atoms with Gasteiger partial charge in [-0.15, -0.1) is 6.58 Å². The molecule has 1 aromatic rings. The molecule has 1 saturated heterocycles. The molecule has 1 aliphatic heterocycles. The fourth-order valence-electron chi connectivity index (χ4n) is 2.86. The van der Waals surface area contributed by atoms with Crippen LogP contribution in [-0.4, -0.2) is 49.5 Å². The van der Waals surface area contributed by atoms with Crippen LogP contribution in [0, 0.1) is 0 Å². The molecule has 130 valence electrons. The van der Waals surface area contributed by atoms with Gasteiger partial charge in [0.1, 0.15) is 0 Å². The molecular weight excluding hydrogens is 310 g/mol. The molecule has 0 saturated carbocycles. The molecule has 2 rings (SSSR count). The highest BCUT2D eigenvalue weighted by atomic mass is 16.5. The Hall–Kier alpha value is -2.18. The monoisotopic (exact) mass is 333 g/mol. The summed E-state index contributed by atoms with van der Waals surface area (Å²) >= 11 is 0. The fourth-order valence-corrected chi connectivity index (χ4v) is 2.86. The van der Waals surface area contributed by atoms with E-state index in [1.807, 2.05) is 30.3 Å². The second-order valence-corrected chi connectivity index (χ2v) is 5.75. The van der Waals surface area contributed by atoms with Crippen molar-refractivity contribution < 1.29 is 24.2 Å². The van der Waals surface area contributed by atoms with Crippen molar-refractivity contribution in [1.82, 2.24) is 5.32 Å². The van der Waals surface area contributed by atoms with Crippen LogP contribution in [0.4, 0.5) is 0 Å². The molecule has 0 spiro atoms. The topological polar surface area (TPSA) is 84.9 Å². The van der Waals surface area contributed by atoms with Gasteiger partial charge >= 0.3 is 5.97 Å². The summed E-state index contributed by atoms with van der Waals surface area (Å²) in [5, 5.41) is 12.0. The summed E-state index contributed by atoms with van der Waals surface area (Å²) in [6, 6.07) is 8.34. The van der Waals surface area contributed by atoms with Crippen LogP contribution in [0.15, 0.2) is 43.0 Å². The summed E-state index contributed by atoms with van der Waals surface area (Å²) in [7, 11) is 0. The van der Waals surface area contributed by atoms with Crippen molar-refractivity contribution in [3.63, 3.8) is 0 Å². The van der Waals surface area contributed by atoms with Crippen LogP contribution >= 0.6 is 0 Å². The van der Waals surface area contributed by atoms with Gasteiger partial charge in [-0.2, -0.15) is 0 Å². The number of carbonyl (C=O) groups is 2. The summed E-state index contributed by atoms with van der Waals surface area (Å²) < 4.78 is 10.6. The van der Waals surface area contributed by atoms with Gasteiger partial charge in [0.25, 0.3) is 0 Å². The third-order valence-electron chi connectivity index (χ3n) is 4.23. The molecule has 0 aliphatic carbocycles. The summed E-state index contributed by atoms with van der Waals surface area (Å²) in [4.78, 5) is 24.4. The van der Waals surface area contributed by atoms with Gasteiger partial charge in [-0.25, -0.2) is 4.79 Å². The van der Waals surface area contributed by atoms with Crippen molar-refractivity contribution in [2.45, 2.75) is 24.3 Å². The molecule has 0 aromatic heterocycles. The lowest BCUT2D eigenvalue weighted by atomic mass is 9.73. The number of nitrogens with one attached hydrogen (secondary N) is 1. The zero-order valence-corrected chi connectivity index (χ0v) is 13.6. The Bertz CT molecular complexity index is 566. The van der Waals surface area contributed by atoms with Crippen LogP contribution in [0.5, 0.6) is 0 Å². The second kappa shape index (κ2) is 8.61. The minimum absolute atomic E-state index is 0.103. The fraction of sp³-hybridized carbons (Fsp3) is 0.444. The van der Waals surface area contributed by atoms with Crippen LogP contribution in [-0.2, 0) is 24.5 Å². The van der Waals surface area contributed by atoms with Crippen LogP contribution < -0.4 is 5.32 Å². The largest absolute Gasteiger partial charge is 0.480 e. The van der Waals surface area contributed by atoms with E-state index in [4.69, 9.17) is 9.47 Å². The highest BCUT2D eigenvalue weighted by Crippen LogP contribution is 2.35. The molecule has 1 aliphatic rings. The molecule has 1 aromatic carbocycles. The number of amides is 1. The van der Waals surface area contributed by atoms with Gasteiger partial charge in [0.15, 0.2) is 6.04 Å². The molecule has 1 atom stereocenters. The predicted molar refractivity (Wildman–Crippen MR) is 88.8 cm³/mol. The SMILES string of the molecule is C=CCOCC(NC(=O)C1(c2ccccc2)CCOCC1)C(=O)O. The molecule has 6 heteroatoms. The average molecular weight is 333 g/mol. The molecule has 1 amide bonds. The number of aliphatic carboxylic acids is 1. The highest BCUT2D eigenvalue weighted by molar-refractivity contribution is 5.91. The third-order valence-corrected chi connectivity index (χ3v) is 4.23. The normalized spacial score (nSPS) is 17.7. The molecule has 0 bridgehead atoms. The number of ether oxygens (including phenoxy) is 2. The van der Waals surface area contributed by atoms with Gasteiger partial charge < -0.3 is 19.9 Å². The van der Waals surface area contributed by atoms with E-state index in [9.17, 15) is 14.7 Å². The Balaban J connectivity index is 2.18. The maximum Gasteiger partial charge on any atom is 0.328 e. The van der Waals surface area contributed by atoms with Gasteiger partial charge in [0.05, 0.1) is 18.6 Å². The first-order chi connectivity index (χ1) is 11.6. The molecule has 1 unspecified atom stereocenters. The van der Waals surface area contributed by atoms with E-state index in [1.54, 1.807) is 0 Å². The van der Waals surface area contributed by atoms with Gasteiger partial charge in [-0.1, -0.05) is 36.4 Å². The van der Waals surface area contributed by atoms with Crippen LogP contribution in [0.3, 0.4) is 0 Å². The number of carboxylic acid groups (broad SMARTS) is 1. The first kappa shape index (κ1) is 18.2. The van der Waals surface area contributed by atoms with E-state index >= 15 is 0 Å². The maximum absolute atomic E-state index is 13.0. The summed E-state index contributed by atoms with van der Waals surface area (Å²) in [6.07, 6.45) is 2.57. The first-order valence-corrected chi connectivity index (χ1v) is 7.96. The average Bonchev–Trinajstić information content (AvgIpc) is 2.62. The predicted octanol–water partition coefficient (Wildman–Crippen LogP) is 1.51. The van der Waals surface area contributed by atoms with Gasteiger partial charge in [-0.3, -0.25) is 4.79 Å². The quantitative estimate of drug-likeness (QED) is 0.556. The number of carbonyl (C=O) groups excluding carboxylic acids is 1. The molecule has 2 N–H and O–H groups in total. The molecule has 1 heterocycles. The van der Waals surface area contributed by atoms with E-state index in [0.717, 1.165) is 5.56 Å². The van der Waals surface area contributed by atoms with Crippen molar-refractivity contribution in [3.05, 3.63) is 48.6 Å². The lowest BCUT2D eigenvalue weighted by Crippen LogP contribution is -2.54. The molecule has 24 heavy (non-hydrogen) atoms. The number of carboxylic acids is 1. The number of hydrogen-bond acceptors (Lipinski definition) is 4. The highest BCUT2D eigenvalue weighted by Gasteiger charge is 2.42. The van der Waals surface area contributed by atoms with E-state index in [-0.39, 0.29) is 19.1 Å². The van der Waals surface area contributed by atoms with Crippen molar-refractivity contribution in [2.24, 2.45) is 0 Å². The number of benzene rings is 1. The first-order valence-electron chi connectivity index (χ1n) is 7.96. The second-order valence-electron chi connectivity index (χ2n) is 5.75. The summed E-state index contributed by atoms with van der Waals surface area (Å²) in [6.45, 7) is 4.58. The molecule has 1 fully saturated rings. The molecule has 0 radical (unpaired) electrons. The van der Waals surface area contributed by atoms with Crippen molar-refractivity contribution in [2.75, 3.05) is 26.4 Å². The van der Waals surface area contributed by atoms with Crippen LogP contribution in [0.25, 0.3) is 0 Å². The zero-order valence-electron chi connectivity index (χ0n) is 13.6. The Labute approximate surface area is 141 Å². The summed E-state index contributed by atoms with van der Waals surface area (Å²) in [5.41, 5.74) is 0.105. The van der Waals surface area contributed by atoms with E-state index in [0.29, 0.717) is 26.1 Å². The maximum atomic E-state index is 13.0. The van der Waals surface area contributed by atoms with E-state index in [2.05, 4.69) is 11.9 Å². The van der Waals surface area contributed by atoms with Gasteiger partial charge in [0, 0.05) is 13.2 Å². The van der Waals surface area contributed by atoms with Crippen molar-refractivity contribution >= 4 is 11.9 Å². The Morgan fingerprint density at radius 3 is 2.58 bits per heavy atom. The number of hydrogen-bond donors (Lipinski definition) is 2. The van der Waals surface area contributed by atoms with Gasteiger partial charge in [-0.05, 0) is 18.4 Å². The van der Waals surface area contributed by atoms with E-state index in [1.165, 1.54) is 6.08 Å². The lowest BCUT2D eigenvalue weighted by molar-refractivity contribution is -0.145. The van der Waals surface area contributed by atoms with Crippen LogP contribution in [0.1, 0.15) is 18.4 Å². The standard InChI is InChI=1S/C18H23NO5/c1-2-10-24-13-15(16(20)21)19-17(22)18(8-11-23-12-9-18)14-6-4-3-5-7-14/h2-7,15H,1,8-13H2,(H,19,22)(H,20,21). The van der Waals surface area contributed by atoms with Crippen molar-refractivity contribution in [3.8, 4) is 0 Å². The van der Waals surface area contributed by atoms with Gasteiger partial charge in [0.2, 0.25) is 5.91 Å². The number of rotatable bonds is 8. The van der Waals surface area contributed by atoms with E-state index < -0.39 is 17.4 Å². The third kappa shape index (κ3) is 4.21. The Morgan fingerprint density at radius 2 is 2.00 bits per heavy atom. The zero-order chi connectivity index (χ0) is 17.4.